The van der Waals surface area contributed by atoms with Gasteiger partial charge in [0.05, 0.1) is 0 Å². The number of ether oxygens (including phenoxy) is 1. The normalized spacial score (nSPS) is 24.3. The van der Waals surface area contributed by atoms with E-state index < -0.39 is 6.04 Å². The molecule has 1 aliphatic heterocycles. The minimum atomic E-state index is -0.477. The largest absolute Gasteiger partial charge is 0.459 e. The molecule has 1 saturated carbocycles. The van der Waals surface area contributed by atoms with Gasteiger partial charge in [-0.1, -0.05) is 61.4 Å². The lowest BCUT2D eigenvalue weighted by Crippen LogP contribution is -2.46. The first kappa shape index (κ1) is 17.8. The molecule has 4 rings (SSSR count). The zero-order chi connectivity index (χ0) is 18.6. The number of likely N-dealkylation sites (tertiary alicyclic amines) is 1. The summed E-state index contributed by atoms with van der Waals surface area (Å²) in [6, 6.07) is 18.6. The maximum Gasteiger partial charge on any atom is 0.329 e. The summed E-state index contributed by atoms with van der Waals surface area (Å²) in [6.45, 7) is 0.249. The quantitative estimate of drug-likeness (QED) is 0.765. The molecule has 2 aromatic carbocycles. The highest BCUT2D eigenvalue weighted by molar-refractivity contribution is 5.97. The summed E-state index contributed by atoms with van der Waals surface area (Å²) in [5, 5.41) is 0. The Morgan fingerprint density at radius 1 is 0.926 bits per heavy atom. The number of fused-ring (bicyclic) bond motifs is 1. The van der Waals surface area contributed by atoms with Crippen molar-refractivity contribution in [3.63, 3.8) is 0 Å². The van der Waals surface area contributed by atoms with Crippen LogP contribution >= 0.6 is 0 Å². The van der Waals surface area contributed by atoms with E-state index in [1.54, 1.807) is 0 Å². The van der Waals surface area contributed by atoms with Crippen molar-refractivity contribution >= 4 is 11.9 Å². The van der Waals surface area contributed by atoms with Crippen molar-refractivity contribution in [3.8, 4) is 0 Å². The van der Waals surface area contributed by atoms with Gasteiger partial charge in [-0.25, -0.2) is 4.79 Å². The first-order valence-electron chi connectivity index (χ1n) is 9.82. The van der Waals surface area contributed by atoms with E-state index in [2.05, 4.69) is 0 Å². The Bertz CT molecular complexity index is 790. The van der Waals surface area contributed by atoms with Crippen LogP contribution in [0.1, 0.15) is 48.0 Å². The van der Waals surface area contributed by atoms with E-state index in [0.29, 0.717) is 11.5 Å². The Morgan fingerprint density at radius 3 is 2.33 bits per heavy atom. The molecule has 27 heavy (non-hydrogen) atoms. The molecule has 0 spiro atoms. The van der Waals surface area contributed by atoms with E-state index in [4.69, 9.17) is 4.74 Å². The highest BCUT2D eigenvalue weighted by atomic mass is 16.5. The van der Waals surface area contributed by atoms with Crippen LogP contribution in [0.3, 0.4) is 0 Å². The third-order valence-corrected chi connectivity index (χ3v) is 5.84. The molecular formula is C23H25NO3. The predicted molar refractivity (Wildman–Crippen MR) is 103 cm³/mol. The fraction of sp³-hybridized carbons (Fsp3) is 0.391. The minimum Gasteiger partial charge on any atom is -0.459 e. The average molecular weight is 363 g/mol. The molecule has 140 valence electrons. The van der Waals surface area contributed by atoms with Gasteiger partial charge in [-0.15, -0.1) is 0 Å². The molecule has 1 heterocycles. The zero-order valence-electron chi connectivity index (χ0n) is 15.4. The molecule has 1 saturated heterocycles. The number of nitrogens with zero attached hydrogens (tertiary/aromatic N) is 1. The number of carbonyl (C=O) groups excluding carboxylic acids is 2. The minimum absolute atomic E-state index is 0.0494. The lowest BCUT2D eigenvalue weighted by Gasteiger charge is -2.33. The van der Waals surface area contributed by atoms with E-state index in [0.717, 1.165) is 31.2 Å². The van der Waals surface area contributed by atoms with Crippen molar-refractivity contribution in [2.75, 3.05) is 0 Å². The summed E-state index contributed by atoms with van der Waals surface area (Å²) in [4.78, 5) is 27.9. The van der Waals surface area contributed by atoms with E-state index in [1.165, 1.54) is 6.42 Å². The summed E-state index contributed by atoms with van der Waals surface area (Å²) < 4.78 is 5.60. The van der Waals surface area contributed by atoms with Gasteiger partial charge in [0.1, 0.15) is 12.6 Å². The van der Waals surface area contributed by atoms with Gasteiger partial charge in [0, 0.05) is 11.6 Å². The van der Waals surface area contributed by atoms with Crippen molar-refractivity contribution in [1.82, 2.24) is 4.90 Å². The molecule has 0 N–H and O–H groups in total. The number of carbonyl (C=O) groups is 2. The smallest absolute Gasteiger partial charge is 0.329 e. The number of rotatable bonds is 4. The van der Waals surface area contributed by atoms with Crippen LogP contribution < -0.4 is 0 Å². The molecule has 1 aliphatic carbocycles. The lowest BCUT2D eigenvalue weighted by molar-refractivity contribution is -0.149. The Hall–Kier alpha value is -2.62. The van der Waals surface area contributed by atoms with Gasteiger partial charge >= 0.3 is 5.97 Å². The molecule has 0 unspecified atom stereocenters. The molecule has 3 atom stereocenters. The first-order valence-corrected chi connectivity index (χ1v) is 9.82. The van der Waals surface area contributed by atoms with Crippen LogP contribution in [0, 0.1) is 5.92 Å². The van der Waals surface area contributed by atoms with Crippen LogP contribution in [0.4, 0.5) is 0 Å². The third kappa shape index (κ3) is 3.75. The van der Waals surface area contributed by atoms with Crippen LogP contribution in [-0.4, -0.2) is 28.9 Å². The van der Waals surface area contributed by atoms with Gasteiger partial charge in [-0.2, -0.15) is 0 Å². The Balaban J connectivity index is 1.53. The van der Waals surface area contributed by atoms with E-state index >= 15 is 0 Å². The molecule has 0 aromatic heterocycles. The van der Waals surface area contributed by atoms with Crippen LogP contribution in [0.15, 0.2) is 60.7 Å². The van der Waals surface area contributed by atoms with Gasteiger partial charge < -0.3 is 9.64 Å². The number of hydrogen-bond donors (Lipinski definition) is 0. The fourth-order valence-corrected chi connectivity index (χ4v) is 4.52. The molecule has 1 amide bonds. The van der Waals surface area contributed by atoms with Gasteiger partial charge in [0.15, 0.2) is 0 Å². The number of esters is 1. The monoisotopic (exact) mass is 363 g/mol. The van der Waals surface area contributed by atoms with E-state index in [1.807, 2.05) is 65.6 Å². The summed E-state index contributed by atoms with van der Waals surface area (Å²) in [7, 11) is 0. The van der Waals surface area contributed by atoms with Gasteiger partial charge in [-0.3, -0.25) is 4.79 Å². The van der Waals surface area contributed by atoms with Crippen molar-refractivity contribution in [2.24, 2.45) is 5.92 Å². The average Bonchev–Trinajstić information content (AvgIpc) is 3.12. The first-order chi connectivity index (χ1) is 13.2. The molecule has 0 radical (unpaired) electrons. The van der Waals surface area contributed by atoms with Crippen molar-refractivity contribution in [2.45, 2.75) is 50.8 Å². The lowest BCUT2D eigenvalue weighted by atomic mass is 9.84. The maximum absolute atomic E-state index is 13.2. The van der Waals surface area contributed by atoms with Crippen LogP contribution in [0.25, 0.3) is 0 Å². The number of amides is 1. The highest BCUT2D eigenvalue weighted by Crippen LogP contribution is 2.40. The van der Waals surface area contributed by atoms with Crippen LogP contribution in [0.5, 0.6) is 0 Å². The van der Waals surface area contributed by atoms with Gasteiger partial charge in [0.25, 0.3) is 5.91 Å². The molecule has 4 nitrogen and oxygen atoms in total. The Morgan fingerprint density at radius 2 is 1.59 bits per heavy atom. The summed E-state index contributed by atoms with van der Waals surface area (Å²) >= 11 is 0. The van der Waals surface area contributed by atoms with E-state index in [9.17, 15) is 9.59 Å². The molecule has 4 heteroatoms. The fourth-order valence-electron chi connectivity index (χ4n) is 4.52. The second-order valence-electron chi connectivity index (χ2n) is 7.54. The van der Waals surface area contributed by atoms with Gasteiger partial charge in [-0.05, 0) is 42.9 Å². The summed E-state index contributed by atoms with van der Waals surface area (Å²) in [5.41, 5.74) is 1.60. The molecule has 0 bridgehead atoms. The second-order valence-corrected chi connectivity index (χ2v) is 7.54. The third-order valence-electron chi connectivity index (χ3n) is 5.84. The van der Waals surface area contributed by atoms with Crippen molar-refractivity contribution < 1.29 is 14.3 Å². The van der Waals surface area contributed by atoms with Crippen molar-refractivity contribution in [1.29, 1.82) is 0 Å². The predicted octanol–water partition coefficient (Wildman–Crippen LogP) is 4.20. The molecule has 2 fully saturated rings. The number of benzene rings is 2. The van der Waals surface area contributed by atoms with Crippen molar-refractivity contribution in [3.05, 3.63) is 71.8 Å². The van der Waals surface area contributed by atoms with Gasteiger partial charge in [0.2, 0.25) is 0 Å². The second kappa shape index (κ2) is 7.95. The zero-order valence-corrected chi connectivity index (χ0v) is 15.4. The topological polar surface area (TPSA) is 46.6 Å². The highest BCUT2D eigenvalue weighted by Gasteiger charge is 2.48. The van der Waals surface area contributed by atoms with Crippen LogP contribution in [0.2, 0.25) is 0 Å². The Labute approximate surface area is 160 Å². The molecule has 2 aliphatic rings. The maximum atomic E-state index is 13.2. The standard InChI is InChI=1S/C23H25NO3/c25-22(18-11-5-2-6-12-18)24-20-14-8-7-13-19(20)15-21(24)23(26)27-16-17-9-3-1-4-10-17/h1-6,9-12,19-21H,7-8,13-16H2/t19-,20-,21-/m0/s1. The molecule has 2 aromatic rings. The molecular weight excluding hydrogens is 338 g/mol. The SMILES string of the molecule is O=C(OCc1ccccc1)[C@@H]1C[C@@H]2CCCC[C@@H]2N1C(=O)c1ccccc1. The Kier molecular flexibility index (Phi) is 5.23. The summed E-state index contributed by atoms with van der Waals surface area (Å²) in [5.74, 6) is 0.0740. The summed E-state index contributed by atoms with van der Waals surface area (Å²) in [6.07, 6.45) is 5.08. The van der Waals surface area contributed by atoms with E-state index in [-0.39, 0.29) is 24.5 Å². The van der Waals surface area contributed by atoms with Crippen LogP contribution in [-0.2, 0) is 16.1 Å². The number of hydrogen-bond acceptors (Lipinski definition) is 3.